The minimum atomic E-state index is -0.588. The standard InChI is InChI=1S/C20H18N2O4/c21-11-13(20(26)22-14-5-7-15(23)8-6-14)9-12-10-18(24)19(25)17-4-2-1-3-16(12)17/h5-10,23-25H,1-4H2,(H,22,26). The highest BCUT2D eigenvalue weighted by Crippen LogP contribution is 2.39. The van der Waals surface area contributed by atoms with Crippen LogP contribution in [0.1, 0.15) is 29.5 Å². The molecule has 6 heteroatoms. The number of nitriles is 1. The molecule has 0 fully saturated rings. The van der Waals surface area contributed by atoms with E-state index in [9.17, 15) is 25.4 Å². The van der Waals surface area contributed by atoms with Gasteiger partial charge in [0.1, 0.15) is 17.4 Å². The fourth-order valence-corrected chi connectivity index (χ4v) is 3.12. The molecule has 0 atom stereocenters. The van der Waals surface area contributed by atoms with Gasteiger partial charge in [-0.25, -0.2) is 0 Å². The zero-order chi connectivity index (χ0) is 18.7. The summed E-state index contributed by atoms with van der Waals surface area (Å²) in [5, 5.41) is 41.3. The van der Waals surface area contributed by atoms with Crippen molar-refractivity contribution in [3.63, 3.8) is 0 Å². The molecule has 6 nitrogen and oxygen atoms in total. The molecule has 0 aromatic heterocycles. The number of hydrogen-bond donors (Lipinski definition) is 4. The van der Waals surface area contributed by atoms with E-state index in [1.165, 1.54) is 36.4 Å². The molecule has 0 heterocycles. The minimum Gasteiger partial charge on any atom is -0.508 e. The van der Waals surface area contributed by atoms with Gasteiger partial charge in [0.2, 0.25) is 0 Å². The SMILES string of the molecule is N#CC(=Cc1cc(O)c(O)c2c1CCCC2)C(=O)Nc1ccc(O)cc1. The Morgan fingerprint density at radius 1 is 1.08 bits per heavy atom. The predicted octanol–water partition coefficient (Wildman–Crippen LogP) is 3.23. The van der Waals surface area contributed by atoms with Gasteiger partial charge in [-0.3, -0.25) is 4.79 Å². The number of aromatic hydroxyl groups is 3. The van der Waals surface area contributed by atoms with E-state index in [1.807, 2.05) is 6.07 Å². The van der Waals surface area contributed by atoms with Gasteiger partial charge in [0.15, 0.2) is 11.5 Å². The average molecular weight is 350 g/mol. The zero-order valence-corrected chi connectivity index (χ0v) is 14.0. The number of fused-ring (bicyclic) bond motifs is 1. The van der Waals surface area contributed by atoms with Crippen LogP contribution in [-0.2, 0) is 17.6 Å². The Balaban J connectivity index is 1.94. The first-order valence-corrected chi connectivity index (χ1v) is 8.28. The van der Waals surface area contributed by atoms with Crippen LogP contribution in [0.5, 0.6) is 17.2 Å². The molecule has 3 rings (SSSR count). The maximum atomic E-state index is 12.4. The molecule has 2 aromatic carbocycles. The summed E-state index contributed by atoms with van der Waals surface area (Å²) in [7, 11) is 0. The molecule has 0 bridgehead atoms. The fraction of sp³-hybridized carbons (Fsp3) is 0.200. The molecule has 26 heavy (non-hydrogen) atoms. The highest BCUT2D eigenvalue weighted by Gasteiger charge is 2.20. The van der Waals surface area contributed by atoms with Crippen LogP contribution in [0.15, 0.2) is 35.9 Å². The molecule has 1 aliphatic rings. The molecule has 1 aliphatic carbocycles. The number of phenolic OH excluding ortho intramolecular Hbond substituents is 3. The van der Waals surface area contributed by atoms with E-state index in [0.717, 1.165) is 18.4 Å². The highest BCUT2D eigenvalue weighted by atomic mass is 16.3. The lowest BCUT2D eigenvalue weighted by Gasteiger charge is -2.20. The number of carbonyl (C=O) groups excluding carboxylic acids is 1. The van der Waals surface area contributed by atoms with Crippen molar-refractivity contribution in [2.45, 2.75) is 25.7 Å². The van der Waals surface area contributed by atoms with Gasteiger partial charge in [-0.1, -0.05) is 0 Å². The monoisotopic (exact) mass is 350 g/mol. The van der Waals surface area contributed by atoms with Crippen molar-refractivity contribution >= 4 is 17.7 Å². The van der Waals surface area contributed by atoms with Crippen LogP contribution in [-0.4, -0.2) is 21.2 Å². The van der Waals surface area contributed by atoms with E-state index in [0.29, 0.717) is 29.7 Å². The van der Waals surface area contributed by atoms with Gasteiger partial charge in [-0.2, -0.15) is 5.26 Å². The number of carbonyl (C=O) groups is 1. The maximum Gasteiger partial charge on any atom is 0.266 e. The van der Waals surface area contributed by atoms with Crippen LogP contribution >= 0.6 is 0 Å². The van der Waals surface area contributed by atoms with Crippen molar-refractivity contribution in [1.82, 2.24) is 0 Å². The van der Waals surface area contributed by atoms with E-state index in [1.54, 1.807) is 0 Å². The first-order valence-electron chi connectivity index (χ1n) is 8.28. The molecule has 4 N–H and O–H groups in total. The number of nitrogens with one attached hydrogen (secondary N) is 1. The molecule has 0 saturated carbocycles. The predicted molar refractivity (Wildman–Crippen MR) is 96.7 cm³/mol. The molecule has 2 aromatic rings. The van der Waals surface area contributed by atoms with E-state index >= 15 is 0 Å². The highest BCUT2D eigenvalue weighted by molar-refractivity contribution is 6.09. The summed E-state index contributed by atoms with van der Waals surface area (Å²) in [6.45, 7) is 0. The van der Waals surface area contributed by atoms with E-state index in [2.05, 4.69) is 5.32 Å². The van der Waals surface area contributed by atoms with Gasteiger partial charge >= 0.3 is 0 Å². The molecule has 1 amide bonds. The number of hydrogen-bond acceptors (Lipinski definition) is 5. The Morgan fingerprint density at radius 3 is 2.38 bits per heavy atom. The van der Waals surface area contributed by atoms with Gasteiger partial charge in [0.25, 0.3) is 5.91 Å². The lowest BCUT2D eigenvalue weighted by Crippen LogP contribution is -2.13. The van der Waals surface area contributed by atoms with Crippen molar-refractivity contribution in [1.29, 1.82) is 5.26 Å². The van der Waals surface area contributed by atoms with E-state index < -0.39 is 5.91 Å². The number of rotatable bonds is 3. The normalized spacial score (nSPS) is 13.6. The second-order valence-electron chi connectivity index (χ2n) is 6.17. The number of nitrogens with zero attached hydrogens (tertiary/aromatic N) is 1. The second-order valence-corrected chi connectivity index (χ2v) is 6.17. The molecule has 0 unspecified atom stereocenters. The summed E-state index contributed by atoms with van der Waals surface area (Å²) in [5.41, 5.74) is 2.43. The third-order valence-electron chi connectivity index (χ3n) is 4.43. The van der Waals surface area contributed by atoms with E-state index in [4.69, 9.17) is 0 Å². The van der Waals surface area contributed by atoms with Crippen molar-refractivity contribution in [3.8, 4) is 23.3 Å². The minimum absolute atomic E-state index is 0.0743. The summed E-state index contributed by atoms with van der Waals surface area (Å²) in [5.74, 6) is -0.891. The second kappa shape index (κ2) is 7.19. The van der Waals surface area contributed by atoms with Crippen LogP contribution in [0.25, 0.3) is 6.08 Å². The first kappa shape index (κ1) is 17.4. The number of amides is 1. The topological polar surface area (TPSA) is 114 Å². The number of benzene rings is 2. The third-order valence-corrected chi connectivity index (χ3v) is 4.43. The van der Waals surface area contributed by atoms with Crippen molar-refractivity contribution in [2.24, 2.45) is 0 Å². The summed E-state index contributed by atoms with van der Waals surface area (Å²) >= 11 is 0. The maximum absolute atomic E-state index is 12.4. The van der Waals surface area contributed by atoms with Crippen molar-refractivity contribution in [2.75, 3.05) is 5.32 Å². The molecule has 0 radical (unpaired) electrons. The zero-order valence-electron chi connectivity index (χ0n) is 14.0. The third kappa shape index (κ3) is 3.47. The summed E-state index contributed by atoms with van der Waals surface area (Å²) < 4.78 is 0. The molecule has 0 aliphatic heterocycles. The van der Waals surface area contributed by atoms with Gasteiger partial charge in [0, 0.05) is 11.3 Å². The summed E-state index contributed by atoms with van der Waals surface area (Å²) in [6.07, 6.45) is 4.66. The van der Waals surface area contributed by atoms with Crippen LogP contribution < -0.4 is 5.32 Å². The largest absolute Gasteiger partial charge is 0.508 e. The summed E-state index contributed by atoms with van der Waals surface area (Å²) in [6, 6.07) is 9.17. The molecular weight excluding hydrogens is 332 g/mol. The van der Waals surface area contributed by atoms with Crippen LogP contribution in [0.2, 0.25) is 0 Å². The van der Waals surface area contributed by atoms with Gasteiger partial charge in [-0.05, 0) is 73.2 Å². The molecular formula is C20H18N2O4. The van der Waals surface area contributed by atoms with Crippen LogP contribution in [0.4, 0.5) is 5.69 Å². The number of anilines is 1. The van der Waals surface area contributed by atoms with Gasteiger partial charge in [0.05, 0.1) is 0 Å². The number of phenols is 3. The average Bonchev–Trinajstić information content (AvgIpc) is 2.65. The Bertz CT molecular complexity index is 924. The molecule has 0 spiro atoms. The Morgan fingerprint density at radius 2 is 1.73 bits per heavy atom. The lowest BCUT2D eigenvalue weighted by atomic mass is 9.86. The Kier molecular flexibility index (Phi) is 4.81. The quantitative estimate of drug-likeness (QED) is 0.294. The fourth-order valence-electron chi connectivity index (χ4n) is 3.12. The smallest absolute Gasteiger partial charge is 0.266 e. The Hall–Kier alpha value is -3.46. The molecule has 0 saturated heterocycles. The first-order chi connectivity index (χ1) is 12.5. The lowest BCUT2D eigenvalue weighted by molar-refractivity contribution is -0.112. The molecule has 132 valence electrons. The van der Waals surface area contributed by atoms with Crippen LogP contribution in [0.3, 0.4) is 0 Å². The Labute approximate surface area is 150 Å². The van der Waals surface area contributed by atoms with Crippen molar-refractivity contribution in [3.05, 3.63) is 52.6 Å². The van der Waals surface area contributed by atoms with E-state index in [-0.39, 0.29) is 22.8 Å². The van der Waals surface area contributed by atoms with Crippen LogP contribution in [0, 0.1) is 11.3 Å². The summed E-state index contributed by atoms with van der Waals surface area (Å²) in [4.78, 5) is 12.4. The van der Waals surface area contributed by atoms with Crippen molar-refractivity contribution < 1.29 is 20.1 Å². The van der Waals surface area contributed by atoms with Gasteiger partial charge < -0.3 is 20.6 Å². The van der Waals surface area contributed by atoms with Gasteiger partial charge in [-0.15, -0.1) is 0 Å².